The standard InChI is InChI=1S/C27H20F2N4O3S/c28-17-8-7-16-22(23(17)29)19-6-3-10-30(19)18-5-2-1-4-15(18)24(16)33-21-14-37-13-12-31(21)27(36)25-26(35)20(34)9-11-32(25)33/h1-11,21,24,35H,12-14H2. The second-order valence-corrected chi connectivity index (χ2v) is 10.4. The SMILES string of the molecule is O=C1c2c(O)c(=O)ccn2N(C2c3ccccc3-n3cccc3-c3c2ccc(F)c3F)C2CSCCN12. The number of para-hydroxylation sites is 1. The largest absolute Gasteiger partial charge is 0.502 e. The molecular formula is C27H20F2N4O3S. The van der Waals surface area contributed by atoms with Crippen LogP contribution in [0.4, 0.5) is 8.78 Å². The Morgan fingerprint density at radius 3 is 2.65 bits per heavy atom. The predicted molar refractivity (Wildman–Crippen MR) is 136 cm³/mol. The first-order valence-corrected chi connectivity index (χ1v) is 13.0. The molecule has 1 N–H and O–H groups in total. The summed E-state index contributed by atoms with van der Waals surface area (Å²) in [7, 11) is 0. The van der Waals surface area contributed by atoms with Gasteiger partial charge in [0, 0.05) is 47.6 Å². The van der Waals surface area contributed by atoms with Crippen LogP contribution in [0.2, 0.25) is 0 Å². The number of rotatable bonds is 1. The molecule has 7 nitrogen and oxygen atoms in total. The Kier molecular flexibility index (Phi) is 4.78. The van der Waals surface area contributed by atoms with Crippen LogP contribution in [0.15, 0.2) is 71.8 Å². The molecule has 10 heteroatoms. The third-order valence-corrected chi connectivity index (χ3v) is 8.36. The minimum absolute atomic E-state index is 0.130. The first kappa shape index (κ1) is 22.2. The van der Waals surface area contributed by atoms with Crippen molar-refractivity contribution in [3.8, 4) is 22.7 Å². The summed E-state index contributed by atoms with van der Waals surface area (Å²) in [6.45, 7) is 0.423. The summed E-state index contributed by atoms with van der Waals surface area (Å²) in [4.78, 5) is 27.5. The van der Waals surface area contributed by atoms with E-state index in [2.05, 4.69) is 0 Å². The highest BCUT2D eigenvalue weighted by Crippen LogP contribution is 2.46. The van der Waals surface area contributed by atoms with Crippen LogP contribution in [0.1, 0.15) is 27.7 Å². The van der Waals surface area contributed by atoms with Gasteiger partial charge in [0.05, 0.1) is 11.4 Å². The maximum atomic E-state index is 15.6. The molecule has 2 aromatic heterocycles. The van der Waals surface area contributed by atoms with E-state index in [0.717, 1.165) is 17.3 Å². The number of carbonyl (C=O) groups is 1. The van der Waals surface area contributed by atoms with Gasteiger partial charge in [-0.1, -0.05) is 24.3 Å². The van der Waals surface area contributed by atoms with Gasteiger partial charge in [-0.05, 0) is 29.8 Å². The minimum atomic E-state index is -0.957. The number of aromatic hydroxyl groups is 1. The van der Waals surface area contributed by atoms with Gasteiger partial charge in [-0.2, -0.15) is 11.8 Å². The van der Waals surface area contributed by atoms with E-state index in [1.807, 2.05) is 40.0 Å². The van der Waals surface area contributed by atoms with Crippen LogP contribution in [0.25, 0.3) is 16.9 Å². The molecule has 7 rings (SSSR count). The van der Waals surface area contributed by atoms with E-state index < -0.39 is 40.9 Å². The molecule has 37 heavy (non-hydrogen) atoms. The number of benzene rings is 2. The van der Waals surface area contributed by atoms with Gasteiger partial charge in [0.15, 0.2) is 23.1 Å². The molecule has 2 unspecified atom stereocenters. The molecule has 0 aliphatic carbocycles. The van der Waals surface area contributed by atoms with Crippen LogP contribution in [0, 0.1) is 11.6 Å². The van der Waals surface area contributed by atoms with Crippen LogP contribution in [0.5, 0.6) is 5.75 Å². The van der Waals surface area contributed by atoms with Crippen LogP contribution < -0.4 is 10.4 Å². The second kappa shape index (κ2) is 7.97. The minimum Gasteiger partial charge on any atom is -0.502 e. The van der Waals surface area contributed by atoms with Crippen molar-refractivity contribution >= 4 is 17.7 Å². The molecule has 0 bridgehead atoms. The van der Waals surface area contributed by atoms with E-state index in [1.165, 1.54) is 16.9 Å². The Morgan fingerprint density at radius 2 is 1.78 bits per heavy atom. The fraction of sp³-hybridized carbons (Fsp3) is 0.185. The molecule has 4 aromatic rings. The summed E-state index contributed by atoms with van der Waals surface area (Å²) in [5.41, 5.74) is 1.94. The lowest BCUT2D eigenvalue weighted by atomic mass is 9.92. The van der Waals surface area contributed by atoms with E-state index in [-0.39, 0.29) is 11.3 Å². The van der Waals surface area contributed by atoms with Crippen LogP contribution in [-0.4, -0.2) is 49.4 Å². The molecule has 1 amide bonds. The van der Waals surface area contributed by atoms with E-state index in [0.29, 0.717) is 29.3 Å². The van der Waals surface area contributed by atoms with Crippen molar-refractivity contribution in [3.05, 3.63) is 106 Å². The van der Waals surface area contributed by atoms with E-state index >= 15 is 4.39 Å². The van der Waals surface area contributed by atoms with Gasteiger partial charge in [-0.25, -0.2) is 8.78 Å². The third kappa shape index (κ3) is 2.99. The van der Waals surface area contributed by atoms with Crippen molar-refractivity contribution in [2.24, 2.45) is 0 Å². The van der Waals surface area contributed by atoms with E-state index in [4.69, 9.17) is 0 Å². The average molecular weight is 519 g/mol. The number of hydrogen-bond acceptors (Lipinski definition) is 5. The molecule has 0 spiro atoms. The van der Waals surface area contributed by atoms with Gasteiger partial charge in [0.2, 0.25) is 5.43 Å². The average Bonchev–Trinajstić information content (AvgIpc) is 3.35. The van der Waals surface area contributed by atoms with Gasteiger partial charge < -0.3 is 14.6 Å². The molecule has 3 aliphatic heterocycles. The Labute approximate surface area is 214 Å². The maximum Gasteiger partial charge on any atom is 0.278 e. The van der Waals surface area contributed by atoms with Crippen molar-refractivity contribution in [2.75, 3.05) is 23.1 Å². The van der Waals surface area contributed by atoms with Crippen LogP contribution >= 0.6 is 11.8 Å². The number of hydrogen-bond donors (Lipinski definition) is 1. The van der Waals surface area contributed by atoms with Crippen molar-refractivity contribution in [1.29, 1.82) is 0 Å². The fourth-order valence-corrected chi connectivity index (χ4v) is 6.81. The van der Waals surface area contributed by atoms with Gasteiger partial charge in [0.1, 0.15) is 12.2 Å². The Morgan fingerprint density at radius 1 is 0.946 bits per heavy atom. The van der Waals surface area contributed by atoms with Gasteiger partial charge >= 0.3 is 0 Å². The number of nitrogens with zero attached hydrogens (tertiary/aromatic N) is 4. The topological polar surface area (TPSA) is 70.7 Å². The predicted octanol–water partition coefficient (Wildman–Crippen LogP) is 3.86. The lowest BCUT2D eigenvalue weighted by Gasteiger charge is -2.51. The maximum absolute atomic E-state index is 15.6. The Bertz CT molecular complexity index is 1670. The number of fused-ring (bicyclic) bond motifs is 7. The lowest BCUT2D eigenvalue weighted by molar-refractivity contribution is 0.0588. The lowest BCUT2D eigenvalue weighted by Crippen LogP contribution is -2.65. The number of aromatic nitrogens is 2. The molecule has 2 atom stereocenters. The zero-order chi connectivity index (χ0) is 25.4. The molecule has 1 saturated heterocycles. The van der Waals surface area contributed by atoms with Crippen LogP contribution in [0.3, 0.4) is 0 Å². The number of halogens is 2. The van der Waals surface area contributed by atoms with Gasteiger partial charge in [-0.15, -0.1) is 0 Å². The van der Waals surface area contributed by atoms with Crippen molar-refractivity contribution in [1.82, 2.24) is 14.1 Å². The van der Waals surface area contributed by atoms with E-state index in [9.17, 15) is 19.1 Å². The molecule has 0 radical (unpaired) electrons. The smallest absolute Gasteiger partial charge is 0.278 e. The molecule has 0 saturated carbocycles. The number of pyridine rings is 1. The van der Waals surface area contributed by atoms with Crippen LogP contribution in [-0.2, 0) is 0 Å². The number of amides is 1. The normalized spacial score (nSPS) is 19.9. The monoisotopic (exact) mass is 518 g/mol. The highest BCUT2D eigenvalue weighted by atomic mass is 32.2. The first-order chi connectivity index (χ1) is 18.0. The quantitative estimate of drug-likeness (QED) is 0.415. The van der Waals surface area contributed by atoms with Crippen molar-refractivity contribution in [2.45, 2.75) is 12.2 Å². The zero-order valence-corrected chi connectivity index (χ0v) is 20.2. The third-order valence-electron chi connectivity index (χ3n) is 7.36. The number of thioether (sulfide) groups is 1. The molecule has 1 fully saturated rings. The summed E-state index contributed by atoms with van der Waals surface area (Å²) >= 11 is 1.68. The second-order valence-electron chi connectivity index (χ2n) is 9.21. The van der Waals surface area contributed by atoms with Gasteiger partial charge in [-0.3, -0.25) is 19.3 Å². The first-order valence-electron chi connectivity index (χ1n) is 11.8. The van der Waals surface area contributed by atoms with E-state index in [1.54, 1.807) is 34.9 Å². The van der Waals surface area contributed by atoms with Crippen molar-refractivity contribution < 1.29 is 18.7 Å². The highest BCUT2D eigenvalue weighted by molar-refractivity contribution is 7.99. The molecule has 2 aromatic carbocycles. The van der Waals surface area contributed by atoms with Gasteiger partial charge in [0.25, 0.3) is 5.91 Å². The summed E-state index contributed by atoms with van der Waals surface area (Å²) < 4.78 is 33.6. The summed E-state index contributed by atoms with van der Waals surface area (Å²) in [6, 6.07) is 14.4. The zero-order valence-electron chi connectivity index (χ0n) is 19.3. The summed E-state index contributed by atoms with van der Waals surface area (Å²) in [6.07, 6.45) is 2.82. The Hall–Kier alpha value is -4.05. The number of carbonyl (C=O) groups excluding carboxylic acids is 1. The fourth-order valence-electron chi connectivity index (χ4n) is 5.77. The molecule has 5 heterocycles. The summed E-state index contributed by atoms with van der Waals surface area (Å²) in [5, 5.41) is 12.6. The highest BCUT2D eigenvalue weighted by Gasteiger charge is 2.46. The molecule has 3 aliphatic rings. The molecular weight excluding hydrogens is 498 g/mol. The Balaban J connectivity index is 1.59. The molecule has 186 valence electrons. The summed E-state index contributed by atoms with van der Waals surface area (Å²) in [5.74, 6) is -1.72. The van der Waals surface area contributed by atoms with Crippen molar-refractivity contribution in [3.63, 3.8) is 0 Å².